The molecule has 1 unspecified atom stereocenters. The number of methoxy groups -OCH3 is 1. The fraction of sp³-hybridized carbons (Fsp3) is 0.647. The Balaban J connectivity index is 2.72. The van der Waals surface area contributed by atoms with E-state index in [9.17, 15) is 4.39 Å². The maximum Gasteiger partial charge on any atom is 0.128 e. The van der Waals surface area contributed by atoms with Crippen LogP contribution in [0.4, 0.5) is 4.39 Å². The van der Waals surface area contributed by atoms with Crippen LogP contribution in [0.1, 0.15) is 42.5 Å². The van der Waals surface area contributed by atoms with Crippen LogP contribution in [0, 0.1) is 19.7 Å². The number of hydrogen-bond acceptors (Lipinski definition) is 3. The van der Waals surface area contributed by atoms with Gasteiger partial charge in [-0.2, -0.15) is 0 Å². The Hall–Kier alpha value is -0.970. The molecule has 0 aliphatic heterocycles. The van der Waals surface area contributed by atoms with Crippen molar-refractivity contribution in [3.8, 4) is 0 Å². The number of aryl methyl sites for hydroxylation is 2. The second-order valence-electron chi connectivity index (χ2n) is 5.38. The van der Waals surface area contributed by atoms with Crippen LogP contribution in [0.2, 0.25) is 0 Å². The van der Waals surface area contributed by atoms with E-state index in [2.05, 4.69) is 12.2 Å². The molecular formula is C17H28FNO2. The van der Waals surface area contributed by atoms with Gasteiger partial charge in [-0.25, -0.2) is 4.39 Å². The number of nitrogens with one attached hydrogen (secondary N) is 1. The topological polar surface area (TPSA) is 30.5 Å². The predicted octanol–water partition coefficient (Wildman–Crippen LogP) is 3.54. The lowest BCUT2D eigenvalue weighted by atomic mass is 9.96. The van der Waals surface area contributed by atoms with Crippen LogP contribution in [0.15, 0.2) is 12.1 Å². The van der Waals surface area contributed by atoms with Crippen molar-refractivity contribution in [2.24, 2.45) is 0 Å². The number of halogens is 1. The summed E-state index contributed by atoms with van der Waals surface area (Å²) >= 11 is 0. The molecule has 0 spiro atoms. The van der Waals surface area contributed by atoms with Crippen molar-refractivity contribution in [1.29, 1.82) is 0 Å². The highest BCUT2D eigenvalue weighted by atomic mass is 19.1. The van der Waals surface area contributed by atoms with Gasteiger partial charge in [0.05, 0.1) is 13.2 Å². The molecule has 21 heavy (non-hydrogen) atoms. The molecule has 120 valence electrons. The zero-order chi connectivity index (χ0) is 15.7. The van der Waals surface area contributed by atoms with Gasteiger partial charge in [0, 0.05) is 25.3 Å². The first-order chi connectivity index (χ1) is 10.1. The minimum atomic E-state index is -0.127. The molecule has 4 heteroatoms. The lowest BCUT2D eigenvalue weighted by Crippen LogP contribution is -2.25. The molecule has 0 aromatic heterocycles. The van der Waals surface area contributed by atoms with E-state index in [1.165, 1.54) is 0 Å². The van der Waals surface area contributed by atoms with Crippen molar-refractivity contribution < 1.29 is 13.9 Å². The summed E-state index contributed by atoms with van der Waals surface area (Å²) < 4.78 is 24.8. The first kappa shape index (κ1) is 18.1. The molecule has 0 saturated carbocycles. The molecule has 0 amide bonds. The monoisotopic (exact) mass is 297 g/mol. The Morgan fingerprint density at radius 1 is 1.19 bits per heavy atom. The number of rotatable bonds is 10. The minimum Gasteiger partial charge on any atom is -0.382 e. The number of ether oxygens (including phenoxy) is 2. The van der Waals surface area contributed by atoms with Crippen LogP contribution >= 0.6 is 0 Å². The quantitative estimate of drug-likeness (QED) is 0.670. The first-order valence-electron chi connectivity index (χ1n) is 7.66. The average molecular weight is 297 g/mol. The van der Waals surface area contributed by atoms with E-state index in [4.69, 9.17) is 9.47 Å². The molecule has 0 radical (unpaired) electrons. The molecule has 0 fully saturated rings. The van der Waals surface area contributed by atoms with E-state index in [0.29, 0.717) is 19.8 Å². The summed E-state index contributed by atoms with van der Waals surface area (Å²) in [4.78, 5) is 0. The van der Waals surface area contributed by atoms with Gasteiger partial charge >= 0.3 is 0 Å². The summed E-state index contributed by atoms with van der Waals surface area (Å²) in [5.41, 5.74) is 2.72. The van der Waals surface area contributed by atoms with E-state index < -0.39 is 0 Å². The van der Waals surface area contributed by atoms with Crippen molar-refractivity contribution in [2.45, 2.75) is 39.7 Å². The Labute approximate surface area is 127 Å². The zero-order valence-electron chi connectivity index (χ0n) is 13.7. The maximum absolute atomic E-state index is 14.3. The molecule has 0 heterocycles. The van der Waals surface area contributed by atoms with E-state index in [1.54, 1.807) is 13.2 Å². The normalized spacial score (nSPS) is 12.6. The van der Waals surface area contributed by atoms with Gasteiger partial charge in [-0.15, -0.1) is 0 Å². The highest BCUT2D eigenvalue weighted by Crippen LogP contribution is 2.25. The molecule has 0 aliphatic rings. The highest BCUT2D eigenvalue weighted by molar-refractivity contribution is 5.34. The van der Waals surface area contributed by atoms with Gasteiger partial charge in [0.2, 0.25) is 0 Å². The van der Waals surface area contributed by atoms with Crippen molar-refractivity contribution in [3.63, 3.8) is 0 Å². The molecule has 0 saturated heterocycles. The summed E-state index contributed by atoms with van der Waals surface area (Å²) in [5, 5.41) is 3.43. The minimum absolute atomic E-state index is 0.00639. The molecule has 1 aromatic carbocycles. The summed E-state index contributed by atoms with van der Waals surface area (Å²) in [5.74, 6) is -0.127. The van der Waals surface area contributed by atoms with E-state index in [0.717, 1.165) is 36.1 Å². The third-order valence-electron chi connectivity index (χ3n) is 3.45. The van der Waals surface area contributed by atoms with Gasteiger partial charge in [0.15, 0.2) is 0 Å². The first-order valence-corrected chi connectivity index (χ1v) is 7.66. The van der Waals surface area contributed by atoms with Gasteiger partial charge in [0.25, 0.3) is 0 Å². The second kappa shape index (κ2) is 9.87. The average Bonchev–Trinajstić information content (AvgIpc) is 2.42. The van der Waals surface area contributed by atoms with Crippen molar-refractivity contribution >= 4 is 0 Å². The Morgan fingerprint density at radius 3 is 2.57 bits per heavy atom. The fourth-order valence-corrected chi connectivity index (χ4v) is 2.48. The summed E-state index contributed by atoms with van der Waals surface area (Å²) in [6.45, 7) is 8.63. The van der Waals surface area contributed by atoms with E-state index in [1.807, 2.05) is 19.9 Å². The summed E-state index contributed by atoms with van der Waals surface area (Å²) in [7, 11) is 1.65. The molecular weight excluding hydrogens is 269 g/mol. The number of hydrogen-bond donors (Lipinski definition) is 1. The zero-order valence-corrected chi connectivity index (χ0v) is 13.7. The molecule has 1 atom stereocenters. The lowest BCUT2D eigenvalue weighted by Gasteiger charge is -2.22. The smallest absolute Gasteiger partial charge is 0.128 e. The van der Waals surface area contributed by atoms with Gasteiger partial charge in [-0.3, -0.25) is 0 Å². The number of benzene rings is 1. The molecule has 0 aliphatic carbocycles. The van der Waals surface area contributed by atoms with Gasteiger partial charge in [0.1, 0.15) is 5.82 Å². The summed E-state index contributed by atoms with van der Waals surface area (Å²) in [6.07, 6.45) is 1.78. The SMILES string of the molecule is CCCNC(CCOCCOC)c1c(C)cc(C)cc1F. The van der Waals surface area contributed by atoms with Crippen molar-refractivity contribution in [1.82, 2.24) is 5.32 Å². The van der Waals surface area contributed by atoms with Gasteiger partial charge < -0.3 is 14.8 Å². The predicted molar refractivity (Wildman–Crippen MR) is 84.2 cm³/mol. The Bertz CT molecular complexity index is 400. The highest BCUT2D eigenvalue weighted by Gasteiger charge is 2.18. The van der Waals surface area contributed by atoms with Crippen LogP contribution in [-0.2, 0) is 9.47 Å². The third kappa shape index (κ3) is 6.12. The van der Waals surface area contributed by atoms with Crippen molar-refractivity contribution in [2.75, 3.05) is 33.5 Å². The second-order valence-corrected chi connectivity index (χ2v) is 5.38. The van der Waals surface area contributed by atoms with Crippen LogP contribution < -0.4 is 5.32 Å². The third-order valence-corrected chi connectivity index (χ3v) is 3.45. The molecule has 1 N–H and O–H groups in total. The van der Waals surface area contributed by atoms with E-state index in [-0.39, 0.29) is 11.9 Å². The fourth-order valence-electron chi connectivity index (χ4n) is 2.48. The van der Waals surface area contributed by atoms with Crippen LogP contribution in [-0.4, -0.2) is 33.5 Å². The standard InChI is InChI=1S/C17H28FNO2/c1-5-7-19-16(6-8-21-10-9-20-4)17-14(3)11-13(2)12-15(17)18/h11-12,16,19H,5-10H2,1-4H3. The lowest BCUT2D eigenvalue weighted by molar-refractivity contribution is 0.0656. The summed E-state index contributed by atoms with van der Waals surface area (Å²) in [6, 6.07) is 3.63. The molecule has 3 nitrogen and oxygen atoms in total. The van der Waals surface area contributed by atoms with Gasteiger partial charge in [-0.1, -0.05) is 13.0 Å². The van der Waals surface area contributed by atoms with Gasteiger partial charge in [-0.05, 0) is 50.4 Å². The van der Waals surface area contributed by atoms with Crippen LogP contribution in [0.5, 0.6) is 0 Å². The van der Waals surface area contributed by atoms with E-state index >= 15 is 0 Å². The maximum atomic E-state index is 14.3. The largest absolute Gasteiger partial charge is 0.382 e. The molecule has 1 rings (SSSR count). The molecule has 0 bridgehead atoms. The van der Waals surface area contributed by atoms with Crippen LogP contribution in [0.25, 0.3) is 0 Å². The van der Waals surface area contributed by atoms with Crippen molar-refractivity contribution in [3.05, 3.63) is 34.6 Å². The Morgan fingerprint density at radius 2 is 1.95 bits per heavy atom. The van der Waals surface area contributed by atoms with Crippen LogP contribution in [0.3, 0.4) is 0 Å². The molecule has 1 aromatic rings. The Kier molecular flexibility index (Phi) is 8.50.